The van der Waals surface area contributed by atoms with Crippen LogP contribution < -0.4 is 20.4 Å². The molecule has 3 amide bonds. The van der Waals surface area contributed by atoms with Crippen LogP contribution in [0.5, 0.6) is 0 Å². The quantitative estimate of drug-likeness (QED) is 0.329. The molecule has 9 heteroatoms. The summed E-state index contributed by atoms with van der Waals surface area (Å²) < 4.78 is 0. The van der Waals surface area contributed by atoms with Gasteiger partial charge in [0.25, 0.3) is 17.7 Å². The molecule has 0 bridgehead atoms. The Balaban J connectivity index is 1.07. The summed E-state index contributed by atoms with van der Waals surface area (Å²) in [5.41, 5.74) is 4.50. The van der Waals surface area contributed by atoms with Crippen molar-refractivity contribution in [3.05, 3.63) is 94.5 Å². The molecule has 0 atom stereocenters. The van der Waals surface area contributed by atoms with Crippen LogP contribution in [0.1, 0.15) is 55.2 Å². The predicted molar refractivity (Wildman–Crippen MR) is 161 cm³/mol. The van der Waals surface area contributed by atoms with E-state index in [0.29, 0.717) is 35.8 Å². The van der Waals surface area contributed by atoms with Gasteiger partial charge in [-0.05, 0) is 79.8 Å². The molecule has 0 unspecified atom stereocenters. The minimum atomic E-state index is -0.246. The van der Waals surface area contributed by atoms with Crippen molar-refractivity contribution in [2.24, 2.45) is 0 Å². The summed E-state index contributed by atoms with van der Waals surface area (Å²) in [6.07, 6.45) is 5.52. The monoisotopic (exact) mass is 563 g/mol. The van der Waals surface area contributed by atoms with Gasteiger partial charge in [0, 0.05) is 53.6 Å². The maximum absolute atomic E-state index is 13.7. The molecule has 4 aromatic rings. The topological polar surface area (TPSA) is 94.6 Å². The molecule has 1 aliphatic carbocycles. The van der Waals surface area contributed by atoms with Gasteiger partial charge in [0.15, 0.2) is 0 Å². The van der Waals surface area contributed by atoms with E-state index in [-0.39, 0.29) is 17.7 Å². The molecule has 2 aromatic carbocycles. The molecular formula is C32H29N5O3S. The van der Waals surface area contributed by atoms with Crippen molar-refractivity contribution in [3.8, 4) is 10.4 Å². The van der Waals surface area contributed by atoms with Crippen LogP contribution in [0.15, 0.2) is 72.9 Å². The molecule has 1 saturated carbocycles. The van der Waals surface area contributed by atoms with Crippen molar-refractivity contribution in [3.63, 3.8) is 0 Å². The lowest BCUT2D eigenvalue weighted by atomic mass is 10.1. The third-order valence-corrected chi connectivity index (χ3v) is 9.02. The highest BCUT2D eigenvalue weighted by Crippen LogP contribution is 2.42. The molecule has 4 heterocycles. The highest BCUT2D eigenvalue weighted by molar-refractivity contribution is 7.17. The van der Waals surface area contributed by atoms with Crippen molar-refractivity contribution in [2.45, 2.75) is 31.7 Å². The average Bonchev–Trinajstić information content (AvgIpc) is 3.71. The van der Waals surface area contributed by atoms with Gasteiger partial charge in [-0.3, -0.25) is 14.4 Å². The van der Waals surface area contributed by atoms with Gasteiger partial charge in [-0.1, -0.05) is 18.2 Å². The summed E-state index contributed by atoms with van der Waals surface area (Å²) in [5.74, 6) is 0.524. The minimum Gasteiger partial charge on any atom is -0.356 e. The first-order valence-electron chi connectivity index (χ1n) is 14.0. The smallest absolute Gasteiger partial charge is 0.261 e. The number of para-hydroxylation sites is 1. The van der Waals surface area contributed by atoms with Crippen LogP contribution in [0.25, 0.3) is 10.4 Å². The third kappa shape index (κ3) is 5.09. The fourth-order valence-corrected chi connectivity index (χ4v) is 6.36. The van der Waals surface area contributed by atoms with Crippen LogP contribution in [0.4, 0.5) is 17.2 Å². The summed E-state index contributed by atoms with van der Waals surface area (Å²) >= 11 is 1.49. The molecule has 8 nitrogen and oxygen atoms in total. The number of nitrogens with zero attached hydrogens (tertiary/aromatic N) is 3. The summed E-state index contributed by atoms with van der Waals surface area (Å²) in [6.45, 7) is 2.51. The molecule has 2 N–H and O–H groups in total. The molecule has 2 aromatic heterocycles. The molecule has 2 fully saturated rings. The number of anilines is 3. The van der Waals surface area contributed by atoms with E-state index in [1.165, 1.54) is 17.8 Å². The SMILES string of the molecule is O=C(Nc1ccc(C(=O)N2CCc3cc(C(=O)NC4CC4)sc3-c3ccccc32)cc1)c1ccc(N2CCC2)nc1. The van der Waals surface area contributed by atoms with E-state index in [1.807, 2.05) is 41.3 Å². The van der Waals surface area contributed by atoms with E-state index in [4.69, 9.17) is 0 Å². The van der Waals surface area contributed by atoms with Crippen molar-refractivity contribution in [2.75, 3.05) is 34.8 Å². The zero-order valence-corrected chi connectivity index (χ0v) is 23.2. The van der Waals surface area contributed by atoms with Crippen molar-refractivity contribution in [1.82, 2.24) is 10.3 Å². The Morgan fingerprint density at radius 3 is 2.37 bits per heavy atom. The van der Waals surface area contributed by atoms with Crippen LogP contribution in [-0.4, -0.2) is 48.4 Å². The van der Waals surface area contributed by atoms with Crippen molar-refractivity contribution >= 4 is 46.3 Å². The van der Waals surface area contributed by atoms with Gasteiger partial charge in [-0.2, -0.15) is 0 Å². The summed E-state index contributed by atoms with van der Waals surface area (Å²) in [5, 5.41) is 5.98. The lowest BCUT2D eigenvalue weighted by Gasteiger charge is -2.31. The number of carbonyl (C=O) groups excluding carboxylic acids is 3. The van der Waals surface area contributed by atoms with Crippen molar-refractivity contribution in [1.29, 1.82) is 0 Å². The number of nitrogens with one attached hydrogen (secondary N) is 2. The van der Waals surface area contributed by atoms with Gasteiger partial charge >= 0.3 is 0 Å². The Bertz CT molecular complexity index is 1640. The molecule has 41 heavy (non-hydrogen) atoms. The number of aromatic nitrogens is 1. The van der Waals surface area contributed by atoms with Gasteiger partial charge in [-0.25, -0.2) is 4.98 Å². The van der Waals surface area contributed by atoms with Gasteiger partial charge in [0.05, 0.1) is 16.1 Å². The van der Waals surface area contributed by atoms with Gasteiger partial charge in [0.2, 0.25) is 0 Å². The molecule has 2 aliphatic heterocycles. The van der Waals surface area contributed by atoms with Gasteiger partial charge in [-0.15, -0.1) is 11.3 Å². The fourth-order valence-electron chi connectivity index (χ4n) is 5.21. The summed E-state index contributed by atoms with van der Waals surface area (Å²) in [7, 11) is 0. The molecular weight excluding hydrogens is 534 g/mol. The normalized spacial score (nSPS) is 15.7. The summed E-state index contributed by atoms with van der Waals surface area (Å²) in [6, 6.07) is 20.8. The number of benzene rings is 2. The zero-order chi connectivity index (χ0) is 27.9. The minimum absolute atomic E-state index is 0.0110. The second kappa shape index (κ2) is 10.5. The number of amides is 3. The molecule has 1 saturated heterocycles. The number of pyridine rings is 1. The molecule has 0 radical (unpaired) electrons. The lowest BCUT2D eigenvalue weighted by molar-refractivity contribution is 0.0952. The van der Waals surface area contributed by atoms with Crippen LogP contribution in [0, 0.1) is 0 Å². The Morgan fingerprint density at radius 1 is 0.878 bits per heavy atom. The standard InChI is InChI=1S/C32H29N5O3S/c38-30(22-8-13-28(33-19-22)36-15-3-16-36)34-23-9-6-20(7-10-23)32(40)37-17-14-21-18-27(31(39)35-24-11-12-24)41-29(21)25-4-1-2-5-26(25)37/h1-2,4-10,13,18-19,24H,3,11-12,14-17H2,(H,34,38)(H,35,39). The number of thiophene rings is 1. The molecule has 3 aliphatic rings. The van der Waals surface area contributed by atoms with Crippen LogP contribution >= 0.6 is 11.3 Å². The lowest BCUT2D eigenvalue weighted by Crippen LogP contribution is -2.37. The van der Waals surface area contributed by atoms with Crippen LogP contribution in [0.2, 0.25) is 0 Å². The first-order chi connectivity index (χ1) is 20.0. The summed E-state index contributed by atoms with van der Waals surface area (Å²) in [4.78, 5) is 49.3. The third-order valence-electron chi connectivity index (χ3n) is 7.81. The predicted octanol–water partition coefficient (Wildman–Crippen LogP) is 5.37. The highest BCUT2D eigenvalue weighted by Gasteiger charge is 2.29. The van der Waals surface area contributed by atoms with Gasteiger partial charge < -0.3 is 20.4 Å². The second-order valence-corrected chi connectivity index (χ2v) is 11.8. The number of rotatable bonds is 6. The van der Waals surface area contributed by atoms with E-state index < -0.39 is 0 Å². The largest absolute Gasteiger partial charge is 0.356 e. The van der Waals surface area contributed by atoms with Crippen LogP contribution in [-0.2, 0) is 6.42 Å². The Kier molecular flexibility index (Phi) is 6.51. The van der Waals surface area contributed by atoms with Gasteiger partial charge in [0.1, 0.15) is 5.82 Å². The molecule has 7 rings (SSSR count). The first-order valence-corrected chi connectivity index (χ1v) is 14.8. The fraction of sp³-hybridized carbons (Fsp3) is 0.250. The number of hydrogen-bond acceptors (Lipinski definition) is 6. The van der Waals surface area contributed by atoms with E-state index in [1.54, 1.807) is 36.5 Å². The molecule has 0 spiro atoms. The zero-order valence-electron chi connectivity index (χ0n) is 22.4. The van der Waals surface area contributed by atoms with E-state index >= 15 is 0 Å². The Morgan fingerprint density at radius 2 is 1.66 bits per heavy atom. The Hall–Kier alpha value is -4.50. The first kappa shape index (κ1) is 25.5. The van der Waals surface area contributed by atoms with Crippen molar-refractivity contribution < 1.29 is 14.4 Å². The van der Waals surface area contributed by atoms with E-state index in [9.17, 15) is 14.4 Å². The number of fused-ring (bicyclic) bond motifs is 3. The second-order valence-electron chi connectivity index (χ2n) is 10.7. The number of hydrogen-bond donors (Lipinski definition) is 2. The highest BCUT2D eigenvalue weighted by atomic mass is 32.1. The average molecular weight is 564 g/mol. The van der Waals surface area contributed by atoms with E-state index in [0.717, 1.165) is 58.3 Å². The Labute approximate surface area is 242 Å². The maximum atomic E-state index is 13.7. The number of carbonyl (C=O) groups is 3. The van der Waals surface area contributed by atoms with Crippen LogP contribution in [0.3, 0.4) is 0 Å². The molecule has 206 valence electrons. The van der Waals surface area contributed by atoms with E-state index in [2.05, 4.69) is 20.5 Å². The maximum Gasteiger partial charge on any atom is 0.261 e.